The number of aliphatic hydroxyl groups excluding tert-OH is 2. The number of carbonyl (C=O) groups is 3. The molecule has 4 saturated carbocycles. The lowest BCUT2D eigenvalue weighted by Gasteiger charge is -2.62. The first kappa shape index (κ1) is 52.4. The van der Waals surface area contributed by atoms with Crippen LogP contribution in [0.2, 0.25) is 0 Å². The number of nitrogens with one attached hydrogen (secondary N) is 3. The van der Waals surface area contributed by atoms with Gasteiger partial charge in [0, 0.05) is 56.3 Å². The van der Waals surface area contributed by atoms with Crippen LogP contribution in [0.5, 0.6) is 0 Å². The van der Waals surface area contributed by atoms with Crippen molar-refractivity contribution in [1.29, 1.82) is 0 Å². The van der Waals surface area contributed by atoms with E-state index >= 15 is 8.63 Å². The molecule has 17 heteroatoms. The van der Waals surface area contributed by atoms with Crippen molar-refractivity contribution in [3.8, 4) is 0 Å². The van der Waals surface area contributed by atoms with Crippen LogP contribution >= 0.6 is 0 Å². The molecule has 0 saturated heterocycles. The van der Waals surface area contributed by atoms with Crippen LogP contribution in [0.15, 0.2) is 29.5 Å². The molecule has 68 heavy (non-hydrogen) atoms. The zero-order chi connectivity index (χ0) is 49.6. The number of hydrogen-bond donors (Lipinski definition) is 5. The first-order chi connectivity index (χ1) is 31.8. The molecule has 5 unspecified atom stereocenters. The molecular formula is C51H80BF2N5O8S. The van der Waals surface area contributed by atoms with Gasteiger partial charge >= 0.3 is 6.97 Å². The Morgan fingerprint density at radius 1 is 0.926 bits per heavy atom. The Morgan fingerprint density at radius 2 is 1.65 bits per heavy atom. The summed E-state index contributed by atoms with van der Waals surface area (Å²) in [6.45, 7) is 12.1. The van der Waals surface area contributed by atoms with Crippen molar-refractivity contribution in [3.05, 3.63) is 40.9 Å². The number of amides is 3. The third-order valence-corrected chi connectivity index (χ3v) is 18.7. The topological polar surface area (TPSA) is 179 Å². The number of carbonyl (C=O) groups excluding carboxylic acids is 3. The fourth-order valence-electron chi connectivity index (χ4n) is 13.9. The van der Waals surface area contributed by atoms with Crippen LogP contribution in [0, 0.1) is 51.8 Å². The molecule has 3 amide bonds. The summed E-state index contributed by atoms with van der Waals surface area (Å²) in [6.07, 6.45) is 12.8. The van der Waals surface area contributed by atoms with Gasteiger partial charge in [-0.3, -0.25) is 18.6 Å². The van der Waals surface area contributed by atoms with Crippen LogP contribution in [0.1, 0.15) is 157 Å². The number of rotatable bonds is 19. The molecule has 4 aliphatic carbocycles. The quantitative estimate of drug-likeness (QED) is 0.0553. The zero-order valence-electron chi connectivity index (χ0n) is 41.9. The average molecular weight is 972 g/mol. The van der Waals surface area contributed by atoms with E-state index in [0.717, 1.165) is 65.9 Å². The van der Waals surface area contributed by atoms with E-state index in [1.54, 1.807) is 31.2 Å². The second-order valence-electron chi connectivity index (χ2n) is 23.4. The number of unbranched alkanes of at least 4 members (excludes halogenated alkanes) is 1. The number of aromatic nitrogens is 1. The van der Waals surface area contributed by atoms with Crippen LogP contribution in [0.3, 0.4) is 0 Å². The van der Waals surface area contributed by atoms with Gasteiger partial charge < -0.3 is 43.8 Å². The number of fused-ring (bicyclic) bond motifs is 7. The molecule has 11 atom stereocenters. The minimum atomic E-state index is -4.12. The molecule has 2 aliphatic heterocycles. The van der Waals surface area contributed by atoms with Gasteiger partial charge in [-0.15, -0.1) is 0 Å². The highest BCUT2D eigenvalue weighted by molar-refractivity contribution is 7.86. The van der Waals surface area contributed by atoms with Crippen molar-refractivity contribution in [2.45, 2.75) is 170 Å². The highest BCUT2D eigenvalue weighted by atomic mass is 32.2. The Labute approximate surface area is 403 Å². The molecule has 5 N–H and O–H groups in total. The molecule has 1 aromatic heterocycles. The van der Waals surface area contributed by atoms with Crippen LogP contribution in [0.4, 0.5) is 8.63 Å². The van der Waals surface area contributed by atoms with Gasteiger partial charge in [0.15, 0.2) is 5.70 Å². The Kier molecular flexibility index (Phi) is 15.7. The molecule has 6 aliphatic rings. The van der Waals surface area contributed by atoms with Gasteiger partial charge in [-0.25, -0.2) is 0 Å². The number of aliphatic hydroxyl groups is 2. The Balaban J connectivity index is 0.904. The maximum Gasteiger partial charge on any atom is 0.737 e. The molecular weight excluding hydrogens is 891 g/mol. The van der Waals surface area contributed by atoms with Gasteiger partial charge in [0.25, 0.3) is 10.1 Å². The zero-order valence-corrected chi connectivity index (χ0v) is 42.7. The summed E-state index contributed by atoms with van der Waals surface area (Å²) < 4.78 is 64.1. The van der Waals surface area contributed by atoms with Gasteiger partial charge in [0.1, 0.15) is 11.8 Å². The Morgan fingerprint density at radius 3 is 2.38 bits per heavy atom. The SMILES string of the molecule is CC1=CC(C)=[N+]2C1=Cc1ccc(CCC(=O)NCCCC[C@H](NC(=O)CC[C@@H](C)C3CCC4C5C(CC[C@@]43C)[C@@]3(C)CC[C@@H](O)CC3C[C@@H]5O)C(=O)NCCS(=O)(=O)OCC(C)(C)C)n1[B-]2(F)F. The lowest BCUT2D eigenvalue weighted by atomic mass is 9.43. The predicted octanol–water partition coefficient (Wildman–Crippen LogP) is 7.12. The monoisotopic (exact) mass is 972 g/mol. The molecule has 0 radical (unpaired) electrons. The van der Waals surface area contributed by atoms with Crippen molar-refractivity contribution in [1.82, 2.24) is 20.4 Å². The van der Waals surface area contributed by atoms with Crippen LogP contribution in [0.25, 0.3) is 6.08 Å². The standard InChI is InChI=1S/C51H80BF2N5O8S/c1-32(39-16-17-40-47-41(21-23-51(39,40)8)50(7)22-20-38(60)28-35(50)29-44(47)61)12-18-46(63)57-42(48(64)56-25-26-68(65,66)67-31-49(4,5)6)11-9-10-24-55-45(62)19-15-36-13-14-37-30-43-33(2)27-34(3)58(43)52(53,54)59(36)37/h13-14,27,30,32,35,38-42,44,47,60-61H,9-12,15-26,28-29,31H2,1-8H3,(H,55,62)(H,56,64)(H,57,63)/t32-,35?,38-,39?,40?,41?,42+,44+,47?,50+,51-/m1/s1. The number of allylic oxidation sites excluding steroid dienone is 2. The van der Waals surface area contributed by atoms with E-state index in [4.69, 9.17) is 4.18 Å². The Bertz CT molecular complexity index is 2270. The minimum Gasteiger partial charge on any atom is -0.394 e. The summed E-state index contributed by atoms with van der Waals surface area (Å²) in [5.74, 6) is 0.682. The molecule has 0 aromatic carbocycles. The third kappa shape index (κ3) is 11.1. The molecule has 0 bridgehead atoms. The second kappa shape index (κ2) is 20.4. The van der Waals surface area contributed by atoms with Gasteiger partial charge in [0.05, 0.1) is 24.6 Å². The molecule has 4 fully saturated rings. The van der Waals surface area contributed by atoms with E-state index in [1.165, 1.54) is 0 Å². The number of nitrogens with zero attached hydrogens (tertiary/aromatic N) is 2. The summed E-state index contributed by atoms with van der Waals surface area (Å²) in [5, 5.41) is 30.7. The van der Waals surface area contributed by atoms with Crippen molar-refractivity contribution in [3.63, 3.8) is 0 Å². The van der Waals surface area contributed by atoms with E-state index in [2.05, 4.69) is 36.7 Å². The largest absolute Gasteiger partial charge is 0.737 e. The molecule has 1 aromatic rings. The fraction of sp³-hybridized carbons (Fsp3) is 0.765. The number of aryl methyl sites for hydroxylation is 1. The van der Waals surface area contributed by atoms with E-state index in [0.29, 0.717) is 65.7 Å². The lowest BCUT2D eigenvalue weighted by Crippen LogP contribution is -2.58. The summed E-state index contributed by atoms with van der Waals surface area (Å²) in [6, 6.07) is 2.39. The van der Waals surface area contributed by atoms with Gasteiger partial charge in [-0.1, -0.05) is 41.5 Å². The van der Waals surface area contributed by atoms with E-state index in [9.17, 15) is 33.0 Å². The molecule has 13 nitrogen and oxygen atoms in total. The molecule has 0 spiro atoms. The van der Waals surface area contributed by atoms with Crippen LogP contribution < -0.4 is 16.0 Å². The number of hydrogen-bond acceptors (Lipinski definition) is 8. The van der Waals surface area contributed by atoms with Crippen molar-refractivity contribution in [2.75, 3.05) is 25.4 Å². The van der Waals surface area contributed by atoms with Gasteiger partial charge in [-0.05, 0) is 160 Å². The maximum atomic E-state index is 15.9. The van der Waals surface area contributed by atoms with Crippen molar-refractivity contribution >= 4 is 46.6 Å². The first-order valence-corrected chi connectivity index (χ1v) is 27.2. The smallest absolute Gasteiger partial charge is 0.394 e. The van der Waals surface area contributed by atoms with Gasteiger partial charge in [0.2, 0.25) is 17.7 Å². The van der Waals surface area contributed by atoms with Gasteiger partial charge in [-0.2, -0.15) is 8.42 Å². The molecule has 7 rings (SSSR count). The fourth-order valence-corrected chi connectivity index (χ4v) is 14.9. The first-order valence-electron chi connectivity index (χ1n) is 25.7. The summed E-state index contributed by atoms with van der Waals surface area (Å²) in [7, 11) is -3.90. The number of halogens is 2. The van der Waals surface area contributed by atoms with Crippen LogP contribution in [-0.2, 0) is 35.1 Å². The second-order valence-corrected chi connectivity index (χ2v) is 25.1. The normalized spacial score (nSPS) is 31.6. The maximum absolute atomic E-state index is 15.9. The molecule has 380 valence electrons. The minimum absolute atomic E-state index is 0.00465. The summed E-state index contributed by atoms with van der Waals surface area (Å²) in [5.41, 5.74) is 2.38. The summed E-state index contributed by atoms with van der Waals surface area (Å²) >= 11 is 0. The average Bonchev–Trinajstić information content (AvgIpc) is 3.93. The van der Waals surface area contributed by atoms with Crippen molar-refractivity contribution in [2.24, 2.45) is 51.8 Å². The third-order valence-electron chi connectivity index (χ3n) is 17.5. The highest BCUT2D eigenvalue weighted by Gasteiger charge is 2.63. The van der Waals surface area contributed by atoms with E-state index in [1.807, 2.05) is 27.7 Å². The summed E-state index contributed by atoms with van der Waals surface area (Å²) in [4.78, 5) is 40.2. The Hall–Kier alpha value is -3.41. The predicted molar refractivity (Wildman–Crippen MR) is 261 cm³/mol. The van der Waals surface area contributed by atoms with E-state index < -0.39 is 34.8 Å². The van der Waals surface area contributed by atoms with Crippen LogP contribution in [-0.4, -0.2) is 102 Å². The van der Waals surface area contributed by atoms with Crippen molar-refractivity contribution < 1.29 is 50.3 Å². The lowest BCUT2D eigenvalue weighted by molar-refractivity contribution is -0.362. The van der Waals surface area contributed by atoms with E-state index in [-0.39, 0.29) is 97.5 Å². The highest BCUT2D eigenvalue weighted by Crippen LogP contribution is 2.68. The molecule has 3 heterocycles.